The molecule has 1 nitrogen and oxygen atoms in total. The molecule has 1 saturated carbocycles. The summed E-state index contributed by atoms with van der Waals surface area (Å²) in [5.41, 5.74) is 1.73. The molecule has 0 bridgehead atoms. The van der Waals surface area contributed by atoms with E-state index in [0.717, 1.165) is 30.4 Å². The average molecular weight is 230 g/mol. The van der Waals surface area contributed by atoms with E-state index >= 15 is 0 Å². The Morgan fingerprint density at radius 1 is 1.35 bits per heavy atom. The van der Waals surface area contributed by atoms with Gasteiger partial charge >= 0.3 is 0 Å². The van der Waals surface area contributed by atoms with E-state index in [1.807, 2.05) is 6.08 Å². The maximum atomic E-state index is 12.7. The first-order chi connectivity index (χ1) is 8.20. The third-order valence-electron chi connectivity index (χ3n) is 3.11. The molecule has 1 aliphatic rings. The van der Waals surface area contributed by atoms with E-state index in [4.69, 9.17) is 0 Å². The predicted octanol–water partition coefficient (Wildman–Crippen LogP) is 3.76. The zero-order valence-electron chi connectivity index (χ0n) is 9.66. The lowest BCUT2D eigenvalue weighted by molar-refractivity contribution is -0.117. The summed E-state index contributed by atoms with van der Waals surface area (Å²) < 4.78 is 12.7. The van der Waals surface area contributed by atoms with Crippen molar-refractivity contribution in [3.63, 3.8) is 0 Å². The highest BCUT2D eigenvalue weighted by atomic mass is 19.1. The Labute approximate surface area is 101 Å². The number of hydrogen-bond acceptors (Lipinski definition) is 1. The van der Waals surface area contributed by atoms with Gasteiger partial charge in [-0.3, -0.25) is 4.79 Å². The summed E-state index contributed by atoms with van der Waals surface area (Å²) in [6.45, 7) is 3.66. The van der Waals surface area contributed by atoms with E-state index in [1.165, 1.54) is 12.1 Å². The van der Waals surface area contributed by atoms with Crippen molar-refractivity contribution in [2.45, 2.75) is 19.3 Å². The van der Waals surface area contributed by atoms with Crippen LogP contribution in [0.5, 0.6) is 0 Å². The number of Topliss-reactive ketones (excluding diaryl/α,β-unsaturated/α-hetero) is 1. The lowest BCUT2D eigenvalue weighted by Crippen LogP contribution is -2.06. The lowest BCUT2D eigenvalue weighted by Gasteiger charge is -2.02. The van der Waals surface area contributed by atoms with Crippen LogP contribution in [0.2, 0.25) is 0 Å². The smallest absolute Gasteiger partial charge is 0.162 e. The van der Waals surface area contributed by atoms with Crippen LogP contribution in [0, 0.1) is 11.7 Å². The highest BCUT2D eigenvalue weighted by molar-refractivity contribution is 6.03. The summed E-state index contributed by atoms with van der Waals surface area (Å²) in [7, 11) is 0. The first-order valence-corrected chi connectivity index (χ1v) is 5.82. The molecule has 0 aromatic heterocycles. The molecule has 0 amide bonds. The molecular formula is C15H15FO. The molecule has 0 radical (unpaired) electrons. The molecule has 0 saturated heterocycles. The molecule has 17 heavy (non-hydrogen) atoms. The minimum absolute atomic E-state index is 0.0965. The molecular weight excluding hydrogens is 215 g/mol. The maximum Gasteiger partial charge on any atom is 0.162 e. The van der Waals surface area contributed by atoms with Gasteiger partial charge in [0.2, 0.25) is 0 Å². The van der Waals surface area contributed by atoms with Crippen molar-refractivity contribution in [3.05, 3.63) is 53.9 Å². The molecule has 1 aromatic rings. The van der Waals surface area contributed by atoms with Crippen molar-refractivity contribution in [3.8, 4) is 0 Å². The summed E-state index contributed by atoms with van der Waals surface area (Å²) in [4.78, 5) is 12.0. The van der Waals surface area contributed by atoms with Crippen molar-refractivity contribution in [1.82, 2.24) is 0 Å². The molecule has 1 unspecified atom stereocenters. The first kappa shape index (κ1) is 11.8. The van der Waals surface area contributed by atoms with Gasteiger partial charge in [-0.05, 0) is 48.6 Å². The highest BCUT2D eigenvalue weighted by Crippen LogP contribution is 2.30. The van der Waals surface area contributed by atoms with Crippen LogP contribution in [-0.2, 0) is 4.79 Å². The van der Waals surface area contributed by atoms with Gasteiger partial charge in [0.1, 0.15) is 5.82 Å². The molecule has 1 fully saturated rings. The Hall–Kier alpha value is -1.70. The predicted molar refractivity (Wildman–Crippen MR) is 66.9 cm³/mol. The minimum atomic E-state index is -0.255. The number of hydrogen-bond donors (Lipinski definition) is 0. The molecule has 88 valence electrons. The summed E-state index contributed by atoms with van der Waals surface area (Å²) in [6, 6.07) is 6.20. The Morgan fingerprint density at radius 3 is 2.71 bits per heavy atom. The zero-order valence-corrected chi connectivity index (χ0v) is 9.66. The minimum Gasteiger partial charge on any atom is -0.294 e. The SMILES string of the molecule is C=CCC1CC/C(=C\c2ccc(F)cc2)C1=O. The molecule has 1 aliphatic carbocycles. The van der Waals surface area contributed by atoms with Gasteiger partial charge in [-0.2, -0.15) is 0 Å². The van der Waals surface area contributed by atoms with Crippen LogP contribution in [0.3, 0.4) is 0 Å². The zero-order chi connectivity index (χ0) is 12.3. The van der Waals surface area contributed by atoms with Crippen molar-refractivity contribution < 1.29 is 9.18 Å². The Kier molecular flexibility index (Phi) is 3.52. The van der Waals surface area contributed by atoms with Crippen LogP contribution in [-0.4, -0.2) is 5.78 Å². The molecule has 2 heteroatoms. The fraction of sp³-hybridized carbons (Fsp3) is 0.267. The molecule has 0 spiro atoms. The maximum absolute atomic E-state index is 12.7. The second kappa shape index (κ2) is 5.09. The summed E-state index contributed by atoms with van der Waals surface area (Å²) in [5, 5.41) is 0. The van der Waals surface area contributed by atoms with E-state index < -0.39 is 0 Å². The Bertz CT molecular complexity index is 456. The molecule has 2 rings (SSSR count). The van der Waals surface area contributed by atoms with Crippen LogP contribution in [0.25, 0.3) is 6.08 Å². The summed E-state index contributed by atoms with van der Waals surface area (Å²) >= 11 is 0. The van der Waals surface area contributed by atoms with Gasteiger partial charge in [-0.15, -0.1) is 6.58 Å². The summed E-state index contributed by atoms with van der Waals surface area (Å²) in [6.07, 6.45) is 6.13. The van der Waals surface area contributed by atoms with Crippen molar-refractivity contribution in [2.24, 2.45) is 5.92 Å². The van der Waals surface area contributed by atoms with Crippen molar-refractivity contribution >= 4 is 11.9 Å². The van der Waals surface area contributed by atoms with E-state index in [9.17, 15) is 9.18 Å². The number of halogens is 1. The van der Waals surface area contributed by atoms with Gasteiger partial charge in [0.25, 0.3) is 0 Å². The number of carbonyl (C=O) groups is 1. The standard InChI is InChI=1S/C15H15FO/c1-2-3-12-6-7-13(15(12)17)10-11-4-8-14(16)9-5-11/h2,4-5,8-10,12H,1,3,6-7H2/b13-10+. The monoisotopic (exact) mass is 230 g/mol. The quantitative estimate of drug-likeness (QED) is 0.570. The third-order valence-corrected chi connectivity index (χ3v) is 3.11. The fourth-order valence-electron chi connectivity index (χ4n) is 2.18. The number of allylic oxidation sites excluding steroid dienone is 2. The number of ketones is 1. The fourth-order valence-corrected chi connectivity index (χ4v) is 2.18. The van der Waals surface area contributed by atoms with Crippen LogP contribution in [0.4, 0.5) is 4.39 Å². The normalized spacial score (nSPS) is 22.1. The Balaban J connectivity index is 2.16. The van der Waals surface area contributed by atoms with E-state index in [0.29, 0.717) is 0 Å². The molecule has 1 atom stereocenters. The lowest BCUT2D eigenvalue weighted by atomic mass is 10.0. The van der Waals surface area contributed by atoms with Crippen molar-refractivity contribution in [1.29, 1.82) is 0 Å². The van der Waals surface area contributed by atoms with Gasteiger partial charge in [0.15, 0.2) is 5.78 Å². The van der Waals surface area contributed by atoms with Gasteiger partial charge in [0.05, 0.1) is 0 Å². The van der Waals surface area contributed by atoms with Crippen LogP contribution >= 0.6 is 0 Å². The molecule has 0 heterocycles. The van der Waals surface area contributed by atoms with Gasteiger partial charge in [-0.1, -0.05) is 18.2 Å². The largest absolute Gasteiger partial charge is 0.294 e. The highest BCUT2D eigenvalue weighted by Gasteiger charge is 2.27. The van der Waals surface area contributed by atoms with Gasteiger partial charge in [0, 0.05) is 5.92 Å². The van der Waals surface area contributed by atoms with Crippen LogP contribution < -0.4 is 0 Å². The summed E-state index contributed by atoms with van der Waals surface area (Å²) in [5.74, 6) is 0.0582. The van der Waals surface area contributed by atoms with Gasteiger partial charge < -0.3 is 0 Å². The van der Waals surface area contributed by atoms with Crippen LogP contribution in [0.1, 0.15) is 24.8 Å². The van der Waals surface area contributed by atoms with Crippen molar-refractivity contribution in [2.75, 3.05) is 0 Å². The number of carbonyl (C=O) groups excluding carboxylic acids is 1. The van der Waals surface area contributed by atoms with E-state index in [-0.39, 0.29) is 17.5 Å². The van der Waals surface area contributed by atoms with E-state index in [2.05, 4.69) is 6.58 Å². The molecule has 0 aliphatic heterocycles. The van der Waals surface area contributed by atoms with E-state index in [1.54, 1.807) is 18.2 Å². The van der Waals surface area contributed by atoms with Crippen LogP contribution in [0.15, 0.2) is 42.5 Å². The average Bonchev–Trinajstić information content (AvgIpc) is 2.65. The molecule has 0 N–H and O–H groups in total. The third kappa shape index (κ3) is 2.70. The first-order valence-electron chi connectivity index (χ1n) is 5.82. The second-order valence-corrected chi connectivity index (χ2v) is 4.35. The number of rotatable bonds is 3. The Morgan fingerprint density at radius 2 is 2.06 bits per heavy atom. The topological polar surface area (TPSA) is 17.1 Å². The second-order valence-electron chi connectivity index (χ2n) is 4.35. The molecule has 1 aromatic carbocycles. The number of benzene rings is 1. The van der Waals surface area contributed by atoms with Gasteiger partial charge in [-0.25, -0.2) is 4.39 Å².